The van der Waals surface area contributed by atoms with Crippen molar-refractivity contribution in [1.82, 2.24) is 10.6 Å². The summed E-state index contributed by atoms with van der Waals surface area (Å²) >= 11 is 0. The van der Waals surface area contributed by atoms with Crippen LogP contribution in [0.25, 0.3) is 5.57 Å². The number of nitrogens with one attached hydrogen (secondary N) is 2. The normalized spacial score (nSPS) is 18.2. The zero-order valence-electron chi connectivity index (χ0n) is 16.8. The third-order valence-corrected chi connectivity index (χ3v) is 5.62. The minimum absolute atomic E-state index is 0.275. The fraction of sp³-hybridized carbons (Fsp3) is 0.500. The zero-order valence-corrected chi connectivity index (χ0v) is 16.8. The van der Waals surface area contributed by atoms with Crippen LogP contribution in [0.1, 0.15) is 73.0 Å². The van der Waals surface area contributed by atoms with E-state index < -0.39 is 11.6 Å². The van der Waals surface area contributed by atoms with Crippen LogP contribution in [0, 0.1) is 6.92 Å². The van der Waals surface area contributed by atoms with Gasteiger partial charge in [-0.1, -0.05) is 37.8 Å². The number of benzene rings is 1. The second-order valence-corrected chi connectivity index (χ2v) is 7.58. The molecule has 0 bridgehead atoms. The van der Waals surface area contributed by atoms with E-state index in [2.05, 4.69) is 10.6 Å². The van der Waals surface area contributed by atoms with Crippen molar-refractivity contribution in [3.05, 3.63) is 40.1 Å². The summed E-state index contributed by atoms with van der Waals surface area (Å²) in [7, 11) is 0. The Bertz CT molecular complexity index is 835. The zero-order chi connectivity index (χ0) is 20.3. The third kappa shape index (κ3) is 3.55. The number of hydrogen-bond acceptors (Lipinski definition) is 4. The molecule has 6 heteroatoms. The van der Waals surface area contributed by atoms with Crippen molar-refractivity contribution < 1.29 is 19.1 Å². The van der Waals surface area contributed by atoms with E-state index in [1.54, 1.807) is 6.07 Å². The van der Waals surface area contributed by atoms with Crippen molar-refractivity contribution in [2.45, 2.75) is 64.8 Å². The first kappa shape index (κ1) is 20.1. The predicted octanol–water partition coefficient (Wildman–Crippen LogP) is 3.66. The molecule has 1 aliphatic heterocycles. The van der Waals surface area contributed by atoms with Crippen LogP contribution in [-0.2, 0) is 16.0 Å². The lowest BCUT2D eigenvalue weighted by molar-refractivity contribution is -0.116. The lowest BCUT2D eigenvalue weighted by Gasteiger charge is -2.34. The maximum absolute atomic E-state index is 13.1. The summed E-state index contributed by atoms with van der Waals surface area (Å²) in [5.74, 6) is 0.0904. The molecule has 6 nitrogen and oxygen atoms in total. The molecule has 150 valence electrons. The molecule has 0 saturated heterocycles. The van der Waals surface area contributed by atoms with Crippen LogP contribution in [0.5, 0.6) is 0 Å². The number of amides is 2. The quantitative estimate of drug-likeness (QED) is 0.759. The second-order valence-electron chi connectivity index (χ2n) is 7.58. The molecule has 2 amide bonds. The van der Waals surface area contributed by atoms with Crippen LogP contribution in [0.15, 0.2) is 17.9 Å². The van der Waals surface area contributed by atoms with Gasteiger partial charge in [0.25, 0.3) is 5.91 Å². The second kappa shape index (κ2) is 8.17. The fourth-order valence-electron chi connectivity index (χ4n) is 4.40. The van der Waals surface area contributed by atoms with Gasteiger partial charge in [0.15, 0.2) is 6.29 Å². The Hall–Kier alpha value is -2.63. The van der Waals surface area contributed by atoms with E-state index >= 15 is 0 Å². The van der Waals surface area contributed by atoms with Gasteiger partial charge in [-0.25, -0.2) is 4.79 Å². The van der Waals surface area contributed by atoms with Gasteiger partial charge in [-0.3, -0.25) is 9.59 Å². The first-order valence-electron chi connectivity index (χ1n) is 10.1. The Balaban J connectivity index is 2.24. The minimum Gasteiger partial charge on any atom is -0.411 e. The highest BCUT2D eigenvalue weighted by Crippen LogP contribution is 2.44. The number of rotatable bonds is 5. The highest BCUT2D eigenvalue weighted by molar-refractivity contribution is 6.25. The van der Waals surface area contributed by atoms with Gasteiger partial charge in [0, 0.05) is 17.7 Å². The average molecular weight is 384 g/mol. The van der Waals surface area contributed by atoms with E-state index in [-0.39, 0.29) is 5.91 Å². The molecule has 2 aliphatic rings. The lowest BCUT2D eigenvalue weighted by atomic mass is 9.80. The smallest absolute Gasteiger partial charge is 0.411 e. The Morgan fingerprint density at radius 1 is 1.25 bits per heavy atom. The molecule has 1 aromatic carbocycles. The molecule has 1 aliphatic carbocycles. The standard InChI is InChI=1S/C22H28N2O4/c1-4-15-11-14(3)12-16(13-25)17(15)18-19(28-21(27)23-5-2)22(24-20(18)26)9-7-6-8-10-22/h11-13H,4-10H2,1-3H3,(H,23,27)(H,24,26). The third-order valence-electron chi connectivity index (χ3n) is 5.62. The van der Waals surface area contributed by atoms with Gasteiger partial charge < -0.3 is 15.4 Å². The maximum Gasteiger partial charge on any atom is 0.412 e. The summed E-state index contributed by atoms with van der Waals surface area (Å²) < 4.78 is 5.74. The molecule has 0 atom stereocenters. The first-order valence-corrected chi connectivity index (χ1v) is 10.1. The van der Waals surface area contributed by atoms with E-state index in [0.29, 0.717) is 35.4 Å². The molecular weight excluding hydrogens is 356 g/mol. The predicted molar refractivity (Wildman–Crippen MR) is 107 cm³/mol. The molecule has 1 fully saturated rings. The monoisotopic (exact) mass is 384 g/mol. The van der Waals surface area contributed by atoms with Gasteiger partial charge in [0.05, 0.1) is 11.1 Å². The van der Waals surface area contributed by atoms with Crippen LogP contribution in [0.2, 0.25) is 0 Å². The van der Waals surface area contributed by atoms with Gasteiger partial charge >= 0.3 is 6.09 Å². The molecule has 0 unspecified atom stereocenters. The van der Waals surface area contributed by atoms with Gasteiger partial charge in [-0.15, -0.1) is 0 Å². The molecule has 0 radical (unpaired) electrons. The highest BCUT2D eigenvalue weighted by Gasteiger charge is 2.49. The molecular formula is C22H28N2O4. The van der Waals surface area contributed by atoms with Crippen molar-refractivity contribution in [1.29, 1.82) is 0 Å². The van der Waals surface area contributed by atoms with E-state index in [0.717, 1.165) is 49.5 Å². The Morgan fingerprint density at radius 3 is 2.57 bits per heavy atom. The van der Waals surface area contributed by atoms with Crippen LogP contribution in [0.4, 0.5) is 4.79 Å². The Labute approximate surface area is 165 Å². The average Bonchev–Trinajstić information content (AvgIpc) is 2.92. The number of carbonyl (C=O) groups excluding carboxylic acids is 3. The van der Waals surface area contributed by atoms with Crippen molar-refractivity contribution in [3.63, 3.8) is 0 Å². The maximum atomic E-state index is 13.1. The van der Waals surface area contributed by atoms with E-state index in [1.807, 2.05) is 26.8 Å². The molecule has 1 spiro atoms. The van der Waals surface area contributed by atoms with Crippen molar-refractivity contribution >= 4 is 23.9 Å². The molecule has 2 N–H and O–H groups in total. The summed E-state index contributed by atoms with van der Waals surface area (Å²) in [6.45, 7) is 6.15. The number of hydrogen-bond donors (Lipinski definition) is 2. The number of ether oxygens (including phenoxy) is 1. The highest BCUT2D eigenvalue weighted by atomic mass is 16.6. The molecule has 1 saturated carbocycles. The van der Waals surface area contributed by atoms with Crippen LogP contribution in [-0.4, -0.2) is 30.4 Å². The number of alkyl carbamates (subject to hydrolysis) is 1. The van der Waals surface area contributed by atoms with Crippen molar-refractivity contribution in [2.24, 2.45) is 0 Å². The number of aryl methyl sites for hydroxylation is 2. The lowest BCUT2D eigenvalue weighted by Crippen LogP contribution is -2.47. The van der Waals surface area contributed by atoms with Gasteiger partial charge in [-0.2, -0.15) is 0 Å². The SMILES string of the molecule is CCNC(=O)OC1=C(c2c(C=O)cc(C)cc2CC)C(=O)NC12CCCCC2. The van der Waals surface area contributed by atoms with Crippen LogP contribution in [0.3, 0.4) is 0 Å². The first-order chi connectivity index (χ1) is 13.5. The summed E-state index contributed by atoms with van der Waals surface area (Å²) in [5.41, 5.74) is 2.55. The van der Waals surface area contributed by atoms with Gasteiger partial charge in [0.1, 0.15) is 5.76 Å². The van der Waals surface area contributed by atoms with E-state index in [4.69, 9.17) is 4.74 Å². The van der Waals surface area contributed by atoms with Gasteiger partial charge in [0.2, 0.25) is 0 Å². The number of aldehydes is 1. The van der Waals surface area contributed by atoms with E-state index in [1.165, 1.54) is 0 Å². The van der Waals surface area contributed by atoms with Crippen LogP contribution < -0.4 is 10.6 Å². The summed E-state index contributed by atoms with van der Waals surface area (Å²) in [6.07, 6.45) is 5.30. The summed E-state index contributed by atoms with van der Waals surface area (Å²) in [6, 6.07) is 3.76. The fourth-order valence-corrected chi connectivity index (χ4v) is 4.40. The minimum atomic E-state index is -0.675. The summed E-state index contributed by atoms with van der Waals surface area (Å²) in [4.78, 5) is 37.3. The van der Waals surface area contributed by atoms with Crippen molar-refractivity contribution in [3.8, 4) is 0 Å². The largest absolute Gasteiger partial charge is 0.412 e. The molecule has 0 aromatic heterocycles. The molecule has 3 rings (SSSR count). The molecule has 1 aromatic rings. The topological polar surface area (TPSA) is 84.5 Å². The van der Waals surface area contributed by atoms with Gasteiger partial charge in [-0.05, 0) is 44.7 Å². The molecule has 1 heterocycles. The Kier molecular flexibility index (Phi) is 5.87. The van der Waals surface area contributed by atoms with E-state index in [9.17, 15) is 14.4 Å². The molecule has 28 heavy (non-hydrogen) atoms. The summed E-state index contributed by atoms with van der Waals surface area (Å²) in [5, 5.41) is 5.74. The number of carbonyl (C=O) groups is 3. The Morgan fingerprint density at radius 2 is 1.96 bits per heavy atom. The van der Waals surface area contributed by atoms with Crippen molar-refractivity contribution in [2.75, 3.05) is 6.54 Å². The van der Waals surface area contributed by atoms with Crippen LogP contribution >= 0.6 is 0 Å².